The van der Waals surface area contributed by atoms with Crippen LogP contribution in [0.25, 0.3) is 0 Å². The van der Waals surface area contributed by atoms with Gasteiger partial charge in [-0.3, -0.25) is 9.59 Å². The highest BCUT2D eigenvalue weighted by Crippen LogP contribution is 2.39. The lowest BCUT2D eigenvalue weighted by Crippen LogP contribution is -2.70. The van der Waals surface area contributed by atoms with E-state index >= 15 is 0 Å². The summed E-state index contributed by atoms with van der Waals surface area (Å²) in [5, 5.41) is 137. The van der Waals surface area contributed by atoms with Crippen LogP contribution in [0, 0.1) is 0 Å². The summed E-state index contributed by atoms with van der Waals surface area (Å²) in [5.41, 5.74) is 0. The molecule has 3 aliphatic heterocycles. The van der Waals surface area contributed by atoms with E-state index in [4.69, 9.17) is 28.4 Å². The van der Waals surface area contributed by atoms with Crippen LogP contribution >= 0.6 is 0 Å². The van der Waals surface area contributed by atoms with Gasteiger partial charge in [0.1, 0.15) is 67.1 Å². The molecule has 18 atom stereocenters. The van der Waals surface area contributed by atoms with Crippen molar-refractivity contribution in [2.45, 2.75) is 535 Å². The van der Waals surface area contributed by atoms with Gasteiger partial charge in [0.2, 0.25) is 11.8 Å². The minimum atomic E-state index is -3.08. The number of aliphatic carboxylic acids is 1. The van der Waals surface area contributed by atoms with Crippen molar-refractivity contribution < 1.29 is 104 Å². The molecule has 14 N–H and O–H groups in total. The number of aliphatic hydroxyl groups is 11. The lowest BCUT2D eigenvalue weighted by Gasteiger charge is -2.50. The zero-order chi connectivity index (χ0) is 84.5. The second-order valence-corrected chi connectivity index (χ2v) is 34.9. The van der Waals surface area contributed by atoms with Crippen molar-refractivity contribution in [2.75, 3.05) is 26.4 Å². The Kier molecular flexibility index (Phi) is 65.7. The summed E-state index contributed by atoms with van der Waals surface area (Å²) in [5.74, 6) is -6.09. The highest BCUT2D eigenvalue weighted by atomic mass is 16.8. The molecule has 0 spiro atoms. The maximum absolute atomic E-state index is 13.6. The number of allylic oxidation sites excluding steroid dienone is 2. The van der Waals surface area contributed by atoms with Crippen LogP contribution < -0.4 is 10.6 Å². The molecule has 18 unspecified atom stereocenters. The average Bonchev–Trinajstić information content (AvgIpc) is 0.754. The second kappa shape index (κ2) is 70.8. The van der Waals surface area contributed by atoms with Crippen molar-refractivity contribution in [2.24, 2.45) is 0 Å². The highest BCUT2D eigenvalue weighted by Gasteiger charge is 2.60. The van der Waals surface area contributed by atoms with E-state index in [1.807, 2.05) is 0 Å². The van der Waals surface area contributed by atoms with E-state index in [1.165, 1.54) is 321 Å². The summed E-state index contributed by atoms with van der Waals surface area (Å²) in [4.78, 5) is 38.9. The molecule has 0 radical (unpaired) electrons. The van der Waals surface area contributed by atoms with Gasteiger partial charge in [0.05, 0.1) is 50.7 Å². The number of aliphatic hydroxyl groups excluding tert-OH is 11. The van der Waals surface area contributed by atoms with Crippen LogP contribution in [0.4, 0.5) is 0 Å². The third-order valence-corrected chi connectivity index (χ3v) is 24.5. The Morgan fingerprint density at radius 2 is 0.802 bits per heavy atom. The molecule has 0 aromatic heterocycles. The number of carbonyl (C=O) groups is 3. The van der Waals surface area contributed by atoms with Gasteiger partial charge in [0, 0.05) is 19.8 Å². The molecular weight excluding hydrogens is 1480 g/mol. The lowest BCUT2D eigenvalue weighted by atomic mass is 9.88. The van der Waals surface area contributed by atoms with E-state index < -0.39 is 148 Å². The Morgan fingerprint density at radius 1 is 0.440 bits per heavy atom. The van der Waals surface area contributed by atoms with Gasteiger partial charge in [-0.2, -0.15) is 0 Å². The van der Waals surface area contributed by atoms with Crippen LogP contribution in [0.2, 0.25) is 0 Å². The number of rotatable bonds is 79. The number of carboxylic acids is 1. The van der Waals surface area contributed by atoms with E-state index in [1.54, 1.807) is 0 Å². The normalized spacial score (nSPS) is 24.9. The topological polar surface area (TPSA) is 373 Å². The fraction of sp³-hybridized carbons (Fsp3) is 0.946. The molecule has 0 aliphatic carbocycles. The van der Waals surface area contributed by atoms with Crippen LogP contribution in [-0.4, -0.2) is 215 Å². The molecule has 0 bridgehead atoms. The van der Waals surface area contributed by atoms with Crippen LogP contribution in [0.3, 0.4) is 0 Å². The molecule has 2 amide bonds. The largest absolute Gasteiger partial charge is 0.477 e. The van der Waals surface area contributed by atoms with Gasteiger partial charge >= 0.3 is 5.97 Å². The van der Waals surface area contributed by atoms with Crippen molar-refractivity contribution in [3.05, 3.63) is 12.2 Å². The molecule has 0 aromatic carbocycles. The number of hydrogen-bond acceptors (Lipinski definition) is 20. The average molecular weight is 1660 g/mol. The molecule has 3 saturated heterocycles. The molecule has 23 nitrogen and oxygen atoms in total. The first kappa shape index (κ1) is 108. The van der Waals surface area contributed by atoms with Gasteiger partial charge in [-0.15, -0.1) is 0 Å². The third kappa shape index (κ3) is 48.5. The Hall–Kier alpha value is -2.53. The second-order valence-electron chi connectivity index (χ2n) is 34.9. The molecule has 23 heteroatoms. The summed E-state index contributed by atoms with van der Waals surface area (Å²) in [6, 6.07) is -2.53. The van der Waals surface area contributed by atoms with E-state index in [-0.39, 0.29) is 18.9 Å². The predicted molar refractivity (Wildman–Crippen MR) is 458 cm³/mol. The SMILES string of the molecule is CCCCCCCCCCCCCCCCCC/C=C\CCCCCCCCCCCCCCCCCCCC(=O)NC(COC1OC(CO)C(OC2OC(CO)C(O)C(OC3(C(=O)O)CC(O)C(NC(C)=O)C(C(O)C(O)CO)O3)C2O)C(O)C1O)C(O)CCCCCCCCCCCCCCCCCCCCCCCCCCC. The third-order valence-electron chi connectivity index (χ3n) is 24.5. The summed E-state index contributed by atoms with van der Waals surface area (Å²) in [6.45, 7) is 2.30. The minimum absolute atomic E-state index is 0.228. The van der Waals surface area contributed by atoms with Gasteiger partial charge < -0.3 is 100 Å². The molecule has 684 valence electrons. The lowest BCUT2D eigenvalue weighted by molar-refractivity contribution is -0.386. The predicted octanol–water partition coefficient (Wildman–Crippen LogP) is 16.4. The molecule has 3 rings (SSSR count). The molecule has 3 aliphatic rings. The highest BCUT2D eigenvalue weighted by molar-refractivity contribution is 5.77. The smallest absolute Gasteiger partial charge is 0.364 e. The number of carbonyl (C=O) groups excluding carboxylic acids is 2. The van der Waals surface area contributed by atoms with Gasteiger partial charge in [0.25, 0.3) is 5.79 Å². The zero-order valence-corrected chi connectivity index (χ0v) is 73.4. The molecule has 0 aromatic rings. The summed E-state index contributed by atoms with van der Waals surface area (Å²) < 4.78 is 35.1. The fourth-order valence-corrected chi connectivity index (χ4v) is 17.0. The monoisotopic (exact) mass is 1660 g/mol. The first-order valence-corrected chi connectivity index (χ1v) is 48.0. The first-order chi connectivity index (χ1) is 56.4. The number of unbranched alkanes of at least 4 members (excludes halogenated alkanes) is 57. The van der Waals surface area contributed by atoms with Crippen molar-refractivity contribution in [3.63, 3.8) is 0 Å². The van der Waals surface area contributed by atoms with E-state index in [0.29, 0.717) is 19.3 Å². The van der Waals surface area contributed by atoms with Crippen molar-refractivity contribution in [1.29, 1.82) is 0 Å². The molecule has 3 heterocycles. The summed E-state index contributed by atoms with van der Waals surface area (Å²) >= 11 is 0. The number of ether oxygens (including phenoxy) is 6. The Bertz CT molecular complexity index is 2330. The molecule has 116 heavy (non-hydrogen) atoms. The standard InChI is InChI=1S/C93H176N2O21/c1-4-6-8-10-12-14-16-18-20-22-24-26-28-30-31-32-33-34-35-36-37-38-39-40-41-43-45-47-49-51-53-55-57-59-61-63-65-67-80(103)95-74(75(100)66-64-62-60-58-56-54-52-50-48-46-44-42-29-27-25-23-21-19-17-15-13-11-9-7-5-2)72-111-90-85(107)84(106)87(79(71-98)113-90)114-91-86(108)89(83(105)78(70-97)112-91)116-93(92(109)110)68-76(101)81(94-73(3)99)88(115-93)82(104)77(102)69-96/h34-35,74-79,81-91,96-98,100-102,104-108H,4-33,36-72H2,1-3H3,(H,94,99)(H,95,103)(H,109,110)/b35-34-. The van der Waals surface area contributed by atoms with Crippen LogP contribution in [0.1, 0.15) is 425 Å². The molecular formula is C93H176N2O21. The zero-order valence-electron chi connectivity index (χ0n) is 73.4. The first-order valence-electron chi connectivity index (χ1n) is 48.0. The van der Waals surface area contributed by atoms with Gasteiger partial charge in [-0.05, 0) is 38.5 Å². The number of amides is 2. The van der Waals surface area contributed by atoms with E-state index in [0.717, 1.165) is 58.3 Å². The van der Waals surface area contributed by atoms with Crippen LogP contribution in [0.5, 0.6) is 0 Å². The quantitative estimate of drug-likeness (QED) is 0.0199. The Labute approximate surface area is 702 Å². The van der Waals surface area contributed by atoms with Crippen molar-refractivity contribution in [3.8, 4) is 0 Å². The Morgan fingerprint density at radius 3 is 1.16 bits per heavy atom. The molecule has 3 fully saturated rings. The maximum atomic E-state index is 13.6. The van der Waals surface area contributed by atoms with Crippen molar-refractivity contribution >= 4 is 17.8 Å². The van der Waals surface area contributed by atoms with E-state index in [9.17, 15) is 75.7 Å². The van der Waals surface area contributed by atoms with Gasteiger partial charge in [-0.25, -0.2) is 4.79 Å². The van der Waals surface area contributed by atoms with Crippen LogP contribution in [0.15, 0.2) is 12.2 Å². The number of nitrogens with one attached hydrogen (secondary N) is 2. The molecule has 0 saturated carbocycles. The Balaban J connectivity index is 1.41. The number of carboxylic acid groups (broad SMARTS) is 1. The van der Waals surface area contributed by atoms with Gasteiger partial charge in [0.15, 0.2) is 12.6 Å². The van der Waals surface area contributed by atoms with Crippen molar-refractivity contribution in [1.82, 2.24) is 10.6 Å². The van der Waals surface area contributed by atoms with Crippen LogP contribution in [-0.2, 0) is 42.8 Å². The fourth-order valence-electron chi connectivity index (χ4n) is 17.0. The maximum Gasteiger partial charge on any atom is 0.364 e. The summed E-state index contributed by atoms with van der Waals surface area (Å²) in [7, 11) is 0. The number of hydrogen-bond donors (Lipinski definition) is 14. The van der Waals surface area contributed by atoms with Gasteiger partial charge in [-0.1, -0.05) is 379 Å². The van der Waals surface area contributed by atoms with E-state index in [2.05, 4.69) is 36.6 Å². The summed E-state index contributed by atoms with van der Waals surface area (Å²) in [6.07, 6.45) is 53.7. The minimum Gasteiger partial charge on any atom is -0.477 e.